The Bertz CT molecular complexity index is 225. The van der Waals surface area contributed by atoms with Crippen LogP contribution in [0.25, 0.3) is 0 Å². The molecule has 14 heavy (non-hydrogen) atoms. The highest BCUT2D eigenvalue weighted by atomic mass is 35.5. The lowest BCUT2D eigenvalue weighted by molar-refractivity contribution is -0.139. The van der Waals surface area contributed by atoms with Crippen LogP contribution in [0.5, 0.6) is 0 Å². The molecule has 5 heteroatoms. The van der Waals surface area contributed by atoms with E-state index in [9.17, 15) is 9.18 Å². The van der Waals surface area contributed by atoms with Gasteiger partial charge in [0, 0.05) is 19.1 Å². The zero-order valence-corrected chi connectivity index (χ0v) is 8.86. The van der Waals surface area contributed by atoms with Gasteiger partial charge in [-0.3, -0.25) is 4.79 Å². The topological polar surface area (TPSA) is 46.3 Å². The average molecular weight is 223 g/mol. The molecule has 3 nitrogen and oxygen atoms in total. The zero-order chi connectivity index (χ0) is 9.47. The average Bonchev–Trinajstić information content (AvgIpc) is 2.85. The number of carbonyl (C=O) groups is 1. The van der Waals surface area contributed by atoms with Crippen molar-refractivity contribution in [3.8, 4) is 0 Å². The van der Waals surface area contributed by atoms with E-state index in [0.29, 0.717) is 25.9 Å². The second-order valence-electron chi connectivity index (χ2n) is 4.09. The third-order valence-corrected chi connectivity index (χ3v) is 2.90. The molecule has 82 valence electrons. The summed E-state index contributed by atoms with van der Waals surface area (Å²) in [5.41, 5.74) is 4.19. The summed E-state index contributed by atoms with van der Waals surface area (Å²) in [6, 6.07) is 0.193. The predicted molar refractivity (Wildman–Crippen MR) is 54.1 cm³/mol. The van der Waals surface area contributed by atoms with Crippen molar-refractivity contribution in [2.45, 2.75) is 37.4 Å². The Hall–Kier alpha value is -0.350. The van der Waals surface area contributed by atoms with Gasteiger partial charge < -0.3 is 10.6 Å². The highest BCUT2D eigenvalue weighted by Gasteiger charge is 2.52. The fraction of sp³-hybridized carbons (Fsp3) is 0.889. The SMILES string of the molecule is Cl.NC1CCN(C(=O)C2(F)CC2)CC1. The summed E-state index contributed by atoms with van der Waals surface area (Å²) in [6.07, 6.45) is 2.44. The van der Waals surface area contributed by atoms with Crippen LogP contribution in [0.1, 0.15) is 25.7 Å². The Morgan fingerprint density at radius 3 is 2.29 bits per heavy atom. The first-order valence-corrected chi connectivity index (χ1v) is 4.86. The zero-order valence-electron chi connectivity index (χ0n) is 8.04. The van der Waals surface area contributed by atoms with Gasteiger partial charge in [0.2, 0.25) is 0 Å². The minimum Gasteiger partial charge on any atom is -0.340 e. The first kappa shape index (κ1) is 11.7. The van der Waals surface area contributed by atoms with Gasteiger partial charge in [0.05, 0.1) is 0 Å². The van der Waals surface area contributed by atoms with E-state index in [1.165, 1.54) is 0 Å². The fourth-order valence-electron chi connectivity index (χ4n) is 1.71. The Kier molecular flexibility index (Phi) is 3.37. The molecule has 0 aromatic rings. The number of nitrogens with two attached hydrogens (primary N) is 1. The Morgan fingerprint density at radius 2 is 1.86 bits per heavy atom. The van der Waals surface area contributed by atoms with Crippen LogP contribution in [0.4, 0.5) is 4.39 Å². The number of hydrogen-bond donors (Lipinski definition) is 1. The molecule has 2 N–H and O–H groups in total. The highest BCUT2D eigenvalue weighted by Crippen LogP contribution is 2.41. The summed E-state index contributed by atoms with van der Waals surface area (Å²) in [4.78, 5) is 13.1. The van der Waals surface area contributed by atoms with Gasteiger partial charge >= 0.3 is 0 Å². The molecule has 1 saturated carbocycles. The van der Waals surface area contributed by atoms with Crippen molar-refractivity contribution in [2.75, 3.05) is 13.1 Å². The van der Waals surface area contributed by atoms with Crippen LogP contribution in [-0.2, 0) is 4.79 Å². The summed E-state index contributed by atoms with van der Waals surface area (Å²) >= 11 is 0. The molecule has 1 saturated heterocycles. The molecule has 0 aromatic heterocycles. The summed E-state index contributed by atoms with van der Waals surface area (Å²) in [6.45, 7) is 1.26. The first-order valence-electron chi connectivity index (χ1n) is 4.86. The normalized spacial score (nSPS) is 25.4. The highest BCUT2D eigenvalue weighted by molar-refractivity contribution is 5.88. The summed E-state index contributed by atoms with van der Waals surface area (Å²) in [5, 5.41) is 0. The number of halogens is 2. The van der Waals surface area contributed by atoms with Crippen LogP contribution < -0.4 is 5.73 Å². The third kappa shape index (κ3) is 2.17. The van der Waals surface area contributed by atoms with E-state index >= 15 is 0 Å². The Balaban J connectivity index is 0.000000980. The standard InChI is InChI=1S/C9H15FN2O.ClH/c10-9(3-4-9)8(13)12-5-1-7(11)2-6-12;/h7H,1-6,11H2;1H. The maximum absolute atomic E-state index is 13.4. The molecular formula is C9H16ClFN2O. The molecule has 1 aliphatic carbocycles. The number of nitrogens with zero attached hydrogens (tertiary/aromatic N) is 1. The third-order valence-electron chi connectivity index (χ3n) is 2.90. The number of carbonyl (C=O) groups excluding carboxylic acids is 1. The van der Waals surface area contributed by atoms with Crippen molar-refractivity contribution < 1.29 is 9.18 Å². The molecular weight excluding hydrogens is 207 g/mol. The lowest BCUT2D eigenvalue weighted by Crippen LogP contribution is -2.46. The maximum atomic E-state index is 13.4. The van der Waals surface area contributed by atoms with Gasteiger partial charge in [-0.25, -0.2) is 4.39 Å². The minimum atomic E-state index is -1.50. The fourth-order valence-corrected chi connectivity index (χ4v) is 1.71. The number of amides is 1. The first-order chi connectivity index (χ1) is 6.12. The van der Waals surface area contributed by atoms with Crippen LogP contribution in [0.3, 0.4) is 0 Å². The lowest BCUT2D eigenvalue weighted by atomic mass is 10.1. The molecule has 0 atom stereocenters. The predicted octanol–water partition coefficient (Wildman–Crippen LogP) is 0.860. The molecule has 1 aliphatic heterocycles. The largest absolute Gasteiger partial charge is 0.340 e. The molecule has 0 aromatic carbocycles. The number of piperidine rings is 1. The summed E-state index contributed by atoms with van der Waals surface area (Å²) in [7, 11) is 0. The van der Waals surface area contributed by atoms with Crippen LogP contribution >= 0.6 is 12.4 Å². The number of alkyl halides is 1. The molecule has 2 rings (SSSR count). The summed E-state index contributed by atoms with van der Waals surface area (Å²) < 4.78 is 13.4. The number of likely N-dealkylation sites (tertiary alicyclic amines) is 1. The van der Waals surface area contributed by atoms with E-state index < -0.39 is 5.67 Å². The molecule has 1 heterocycles. The number of rotatable bonds is 1. The van der Waals surface area contributed by atoms with Gasteiger partial charge in [-0.1, -0.05) is 0 Å². The van der Waals surface area contributed by atoms with Gasteiger partial charge in [0.1, 0.15) is 0 Å². The smallest absolute Gasteiger partial charge is 0.260 e. The quantitative estimate of drug-likeness (QED) is 0.716. The van der Waals surface area contributed by atoms with Crippen molar-refractivity contribution in [2.24, 2.45) is 5.73 Å². The van der Waals surface area contributed by atoms with E-state index in [2.05, 4.69) is 0 Å². The van der Waals surface area contributed by atoms with E-state index in [4.69, 9.17) is 5.73 Å². The van der Waals surface area contributed by atoms with E-state index in [1.54, 1.807) is 4.90 Å². The van der Waals surface area contributed by atoms with Crippen LogP contribution in [-0.4, -0.2) is 35.6 Å². The van der Waals surface area contributed by atoms with Crippen molar-refractivity contribution in [1.82, 2.24) is 4.90 Å². The maximum Gasteiger partial charge on any atom is 0.260 e. The van der Waals surface area contributed by atoms with Gasteiger partial charge in [-0.2, -0.15) is 0 Å². The minimum absolute atomic E-state index is 0. The molecule has 0 radical (unpaired) electrons. The van der Waals surface area contributed by atoms with Gasteiger partial charge in [0.25, 0.3) is 5.91 Å². The Morgan fingerprint density at radius 1 is 1.36 bits per heavy atom. The van der Waals surface area contributed by atoms with Crippen molar-refractivity contribution >= 4 is 18.3 Å². The molecule has 0 spiro atoms. The second kappa shape index (κ2) is 4.03. The van der Waals surface area contributed by atoms with Gasteiger partial charge in [-0.05, 0) is 25.7 Å². The van der Waals surface area contributed by atoms with Crippen molar-refractivity contribution in [3.05, 3.63) is 0 Å². The van der Waals surface area contributed by atoms with E-state index in [1.807, 2.05) is 0 Å². The van der Waals surface area contributed by atoms with Crippen LogP contribution in [0.2, 0.25) is 0 Å². The Labute approximate surface area is 89.2 Å². The van der Waals surface area contributed by atoms with Crippen LogP contribution in [0.15, 0.2) is 0 Å². The number of hydrogen-bond acceptors (Lipinski definition) is 2. The van der Waals surface area contributed by atoms with E-state index in [0.717, 1.165) is 12.8 Å². The van der Waals surface area contributed by atoms with Crippen molar-refractivity contribution in [3.63, 3.8) is 0 Å². The molecule has 0 bridgehead atoms. The summed E-state index contributed by atoms with van der Waals surface area (Å²) in [5.74, 6) is -0.306. The van der Waals surface area contributed by atoms with Gasteiger partial charge in [-0.15, -0.1) is 12.4 Å². The molecule has 2 aliphatic rings. The van der Waals surface area contributed by atoms with Crippen LogP contribution in [0, 0.1) is 0 Å². The van der Waals surface area contributed by atoms with E-state index in [-0.39, 0.29) is 24.4 Å². The molecule has 0 unspecified atom stereocenters. The van der Waals surface area contributed by atoms with Gasteiger partial charge in [0.15, 0.2) is 5.67 Å². The monoisotopic (exact) mass is 222 g/mol. The lowest BCUT2D eigenvalue weighted by Gasteiger charge is -2.31. The molecule has 2 fully saturated rings. The second-order valence-corrected chi connectivity index (χ2v) is 4.09. The van der Waals surface area contributed by atoms with Crippen molar-refractivity contribution in [1.29, 1.82) is 0 Å². The molecule has 1 amide bonds.